The summed E-state index contributed by atoms with van der Waals surface area (Å²) >= 11 is 3.17. The number of alkyl halides is 3. The molecule has 0 unspecified atom stereocenters. The molecule has 1 amide bonds. The first kappa shape index (κ1) is 14.8. The molecule has 0 aromatic heterocycles. The summed E-state index contributed by atoms with van der Waals surface area (Å²) in [5.41, 5.74) is 0.162. The predicted octanol–water partition coefficient (Wildman–Crippen LogP) is 3.09. The zero-order chi connectivity index (χ0) is 13.9. The van der Waals surface area contributed by atoms with E-state index < -0.39 is 18.6 Å². The van der Waals surface area contributed by atoms with Crippen LogP contribution in [0.4, 0.5) is 13.2 Å². The van der Waals surface area contributed by atoms with Crippen molar-refractivity contribution in [1.29, 1.82) is 0 Å². The standard InChI is InChI=1S/C11H11BrF3NO2/c1-16(6-11(13,14)15)10(17)7-3-4-9(18-2)8(12)5-7/h3-5H,6H2,1-2H3. The number of amides is 1. The van der Waals surface area contributed by atoms with Gasteiger partial charge >= 0.3 is 6.18 Å². The minimum Gasteiger partial charge on any atom is -0.496 e. The van der Waals surface area contributed by atoms with E-state index in [1.807, 2.05) is 0 Å². The summed E-state index contributed by atoms with van der Waals surface area (Å²) in [6, 6.07) is 4.35. The minimum absolute atomic E-state index is 0.162. The molecule has 1 rings (SSSR count). The molecule has 0 bridgehead atoms. The third kappa shape index (κ3) is 3.90. The Bertz CT molecular complexity index is 448. The Kier molecular flexibility index (Phi) is 4.61. The van der Waals surface area contributed by atoms with Crippen LogP contribution >= 0.6 is 15.9 Å². The van der Waals surface area contributed by atoms with Crippen LogP contribution in [-0.4, -0.2) is 37.7 Å². The van der Waals surface area contributed by atoms with Crippen molar-refractivity contribution >= 4 is 21.8 Å². The largest absolute Gasteiger partial charge is 0.496 e. The molecule has 100 valence electrons. The smallest absolute Gasteiger partial charge is 0.406 e. The fourth-order valence-electron chi connectivity index (χ4n) is 1.36. The van der Waals surface area contributed by atoms with Gasteiger partial charge in [-0.15, -0.1) is 0 Å². The van der Waals surface area contributed by atoms with E-state index >= 15 is 0 Å². The van der Waals surface area contributed by atoms with Gasteiger partial charge in [-0.05, 0) is 34.1 Å². The van der Waals surface area contributed by atoms with Gasteiger partial charge in [-0.25, -0.2) is 0 Å². The van der Waals surface area contributed by atoms with E-state index in [0.717, 1.165) is 7.05 Å². The molecule has 1 aromatic rings. The fourth-order valence-corrected chi connectivity index (χ4v) is 1.90. The highest BCUT2D eigenvalue weighted by Crippen LogP contribution is 2.26. The first-order chi connectivity index (χ1) is 8.24. The predicted molar refractivity (Wildman–Crippen MR) is 63.7 cm³/mol. The molecule has 0 aliphatic heterocycles. The molecule has 0 saturated carbocycles. The molecule has 0 saturated heterocycles. The maximum absolute atomic E-state index is 12.2. The van der Waals surface area contributed by atoms with Crippen LogP contribution in [0.5, 0.6) is 5.75 Å². The van der Waals surface area contributed by atoms with E-state index in [-0.39, 0.29) is 5.56 Å². The Labute approximate surface area is 111 Å². The Morgan fingerprint density at radius 3 is 2.50 bits per heavy atom. The second-order valence-electron chi connectivity index (χ2n) is 3.63. The number of hydrogen-bond donors (Lipinski definition) is 0. The second-order valence-corrected chi connectivity index (χ2v) is 4.48. The Balaban J connectivity index is 2.87. The maximum Gasteiger partial charge on any atom is 0.406 e. The third-order valence-corrected chi connectivity index (χ3v) is 2.78. The van der Waals surface area contributed by atoms with Gasteiger partial charge in [0.05, 0.1) is 11.6 Å². The van der Waals surface area contributed by atoms with Crippen molar-refractivity contribution in [2.24, 2.45) is 0 Å². The molecule has 0 atom stereocenters. The van der Waals surface area contributed by atoms with Gasteiger partial charge in [-0.2, -0.15) is 13.2 Å². The molecule has 7 heteroatoms. The lowest BCUT2D eigenvalue weighted by atomic mass is 10.2. The molecule has 3 nitrogen and oxygen atoms in total. The van der Waals surface area contributed by atoms with Crippen LogP contribution < -0.4 is 4.74 Å². The van der Waals surface area contributed by atoms with Gasteiger partial charge in [0.2, 0.25) is 0 Å². The normalized spacial score (nSPS) is 11.2. The van der Waals surface area contributed by atoms with Gasteiger partial charge in [-0.3, -0.25) is 4.79 Å². The summed E-state index contributed by atoms with van der Waals surface area (Å²) in [6.07, 6.45) is -4.41. The van der Waals surface area contributed by atoms with Crippen LogP contribution in [0.3, 0.4) is 0 Å². The first-order valence-electron chi connectivity index (χ1n) is 4.90. The topological polar surface area (TPSA) is 29.5 Å². The number of benzene rings is 1. The highest BCUT2D eigenvalue weighted by molar-refractivity contribution is 9.10. The number of methoxy groups -OCH3 is 1. The molecule has 1 aromatic carbocycles. The van der Waals surface area contributed by atoms with Gasteiger partial charge < -0.3 is 9.64 Å². The summed E-state index contributed by atoms with van der Waals surface area (Å²) < 4.78 is 42.0. The minimum atomic E-state index is -4.41. The average molecular weight is 326 g/mol. The van der Waals surface area contributed by atoms with E-state index in [1.165, 1.54) is 25.3 Å². The lowest BCUT2D eigenvalue weighted by Crippen LogP contribution is -2.35. The van der Waals surface area contributed by atoms with Gasteiger partial charge in [0.25, 0.3) is 5.91 Å². The zero-order valence-corrected chi connectivity index (χ0v) is 11.3. The number of hydrogen-bond acceptors (Lipinski definition) is 2. The highest BCUT2D eigenvalue weighted by Gasteiger charge is 2.31. The van der Waals surface area contributed by atoms with Crippen LogP contribution in [0.25, 0.3) is 0 Å². The Hall–Kier alpha value is -1.24. The summed E-state index contributed by atoms with van der Waals surface area (Å²) in [6.45, 7) is -1.28. The van der Waals surface area contributed by atoms with Gasteiger partial charge in [0.15, 0.2) is 0 Å². The summed E-state index contributed by atoms with van der Waals surface area (Å²) in [5.74, 6) is -0.194. The van der Waals surface area contributed by atoms with Crippen molar-refractivity contribution in [3.8, 4) is 5.75 Å². The van der Waals surface area contributed by atoms with Crippen molar-refractivity contribution in [1.82, 2.24) is 4.90 Å². The lowest BCUT2D eigenvalue weighted by Gasteiger charge is -2.19. The summed E-state index contributed by atoms with van der Waals surface area (Å²) in [4.78, 5) is 12.4. The molecule has 0 aliphatic carbocycles. The van der Waals surface area contributed by atoms with Crippen molar-refractivity contribution in [3.05, 3.63) is 28.2 Å². The first-order valence-corrected chi connectivity index (χ1v) is 5.69. The van der Waals surface area contributed by atoms with Crippen LogP contribution in [-0.2, 0) is 0 Å². The van der Waals surface area contributed by atoms with E-state index in [1.54, 1.807) is 0 Å². The number of rotatable bonds is 3. The van der Waals surface area contributed by atoms with E-state index in [2.05, 4.69) is 15.9 Å². The van der Waals surface area contributed by atoms with E-state index in [0.29, 0.717) is 15.1 Å². The number of nitrogens with zero attached hydrogens (tertiary/aromatic N) is 1. The number of carbonyl (C=O) groups is 1. The molecular weight excluding hydrogens is 315 g/mol. The van der Waals surface area contributed by atoms with E-state index in [9.17, 15) is 18.0 Å². The third-order valence-electron chi connectivity index (χ3n) is 2.16. The molecule has 0 aliphatic rings. The quantitative estimate of drug-likeness (QED) is 0.854. The maximum atomic E-state index is 12.2. The highest BCUT2D eigenvalue weighted by atomic mass is 79.9. The Morgan fingerprint density at radius 2 is 2.06 bits per heavy atom. The van der Waals surface area contributed by atoms with Crippen LogP contribution in [0, 0.1) is 0 Å². The van der Waals surface area contributed by atoms with Crippen molar-refractivity contribution in [2.45, 2.75) is 6.18 Å². The monoisotopic (exact) mass is 325 g/mol. The van der Waals surface area contributed by atoms with Crippen molar-refractivity contribution in [3.63, 3.8) is 0 Å². The molecule has 0 heterocycles. The zero-order valence-electron chi connectivity index (χ0n) is 9.71. The van der Waals surface area contributed by atoms with Crippen molar-refractivity contribution < 1.29 is 22.7 Å². The Morgan fingerprint density at radius 1 is 1.44 bits per heavy atom. The summed E-state index contributed by atoms with van der Waals surface area (Å²) in [5, 5.41) is 0. The number of ether oxygens (including phenoxy) is 1. The van der Waals surface area contributed by atoms with E-state index in [4.69, 9.17) is 4.74 Å². The second kappa shape index (κ2) is 5.60. The van der Waals surface area contributed by atoms with Crippen LogP contribution in [0.1, 0.15) is 10.4 Å². The van der Waals surface area contributed by atoms with Gasteiger partial charge in [0, 0.05) is 12.6 Å². The van der Waals surface area contributed by atoms with Crippen LogP contribution in [0.2, 0.25) is 0 Å². The van der Waals surface area contributed by atoms with Crippen LogP contribution in [0.15, 0.2) is 22.7 Å². The van der Waals surface area contributed by atoms with Gasteiger partial charge in [0.1, 0.15) is 12.3 Å². The molecule has 0 N–H and O–H groups in total. The molecule has 0 fully saturated rings. The fraction of sp³-hybridized carbons (Fsp3) is 0.364. The van der Waals surface area contributed by atoms with Crippen molar-refractivity contribution in [2.75, 3.05) is 20.7 Å². The SMILES string of the molecule is COc1ccc(C(=O)N(C)CC(F)(F)F)cc1Br. The molecular formula is C11H11BrF3NO2. The summed E-state index contributed by atoms with van der Waals surface area (Å²) in [7, 11) is 2.56. The molecule has 18 heavy (non-hydrogen) atoms. The number of halogens is 4. The molecule has 0 spiro atoms. The average Bonchev–Trinajstić information content (AvgIpc) is 2.25. The molecule has 0 radical (unpaired) electrons. The number of carbonyl (C=O) groups excluding carboxylic acids is 1. The lowest BCUT2D eigenvalue weighted by molar-refractivity contribution is -0.138. The van der Waals surface area contributed by atoms with Gasteiger partial charge in [-0.1, -0.05) is 0 Å².